The van der Waals surface area contributed by atoms with Gasteiger partial charge in [0.2, 0.25) is 5.91 Å². The van der Waals surface area contributed by atoms with E-state index in [9.17, 15) is 14.7 Å². The minimum absolute atomic E-state index is 0.00564. The predicted molar refractivity (Wildman–Crippen MR) is 72.8 cm³/mol. The van der Waals surface area contributed by atoms with Crippen LogP contribution in [0.4, 0.5) is 5.69 Å². The lowest BCUT2D eigenvalue weighted by Crippen LogP contribution is -2.40. The third-order valence-corrected chi connectivity index (χ3v) is 2.65. The molecule has 0 spiro atoms. The summed E-state index contributed by atoms with van der Waals surface area (Å²) >= 11 is 0. The second-order valence-electron chi connectivity index (χ2n) is 4.05. The lowest BCUT2D eigenvalue weighted by Gasteiger charge is -2.20. The molecule has 0 unspecified atom stereocenters. The smallest absolute Gasteiger partial charge is 0.254 e. The molecule has 4 N–H and O–H groups in total. The number of carbonyl (C=O) groups excluding carboxylic acids is 2. The molecule has 0 aromatic heterocycles. The number of anilines is 1. The molecule has 0 aliphatic heterocycles. The van der Waals surface area contributed by atoms with Gasteiger partial charge >= 0.3 is 0 Å². The van der Waals surface area contributed by atoms with Crippen molar-refractivity contribution in [2.24, 2.45) is 0 Å². The molecule has 1 aromatic carbocycles. The highest BCUT2D eigenvalue weighted by atomic mass is 16.3. The fourth-order valence-corrected chi connectivity index (χ4v) is 1.61. The Bertz CT molecular complexity index is 474. The van der Waals surface area contributed by atoms with Crippen LogP contribution in [-0.4, -0.2) is 41.5 Å². The second kappa shape index (κ2) is 6.63. The maximum atomic E-state index is 12.2. The zero-order valence-corrected chi connectivity index (χ0v) is 11.1. The van der Waals surface area contributed by atoms with Gasteiger partial charge in [-0.3, -0.25) is 9.59 Å². The molecule has 0 atom stereocenters. The molecule has 1 rings (SSSR count). The Kier molecular flexibility index (Phi) is 5.17. The quantitative estimate of drug-likeness (QED) is 0.536. The summed E-state index contributed by atoms with van der Waals surface area (Å²) in [4.78, 5) is 25.1. The largest absolute Gasteiger partial charge is 0.506 e. The average Bonchev–Trinajstić information content (AvgIpc) is 2.38. The molecule has 0 fully saturated rings. The molecule has 1 aromatic rings. The van der Waals surface area contributed by atoms with Crippen molar-refractivity contribution in [1.82, 2.24) is 10.2 Å². The van der Waals surface area contributed by atoms with E-state index in [0.29, 0.717) is 18.7 Å². The van der Waals surface area contributed by atoms with Crippen molar-refractivity contribution in [2.75, 3.05) is 25.4 Å². The highest BCUT2D eigenvalue weighted by Crippen LogP contribution is 2.21. The molecule has 0 aliphatic carbocycles. The lowest BCUT2D eigenvalue weighted by atomic mass is 10.1. The standard InChI is InChI=1S/C13H19N3O3/c1-3-15-12(18)8-16(4-2)13(19)9-5-6-10(14)11(17)7-9/h5-7,17H,3-4,8,14H2,1-2H3,(H,15,18). The molecule has 0 bridgehead atoms. The normalized spacial score (nSPS) is 10.0. The van der Waals surface area contributed by atoms with E-state index in [1.54, 1.807) is 6.92 Å². The van der Waals surface area contributed by atoms with Crippen molar-refractivity contribution < 1.29 is 14.7 Å². The molecule has 0 saturated heterocycles. The van der Waals surface area contributed by atoms with Crippen molar-refractivity contribution in [3.8, 4) is 5.75 Å². The molecule has 6 nitrogen and oxygen atoms in total. The van der Waals surface area contributed by atoms with Gasteiger partial charge < -0.3 is 21.1 Å². The van der Waals surface area contributed by atoms with E-state index < -0.39 is 0 Å². The number of nitrogens with one attached hydrogen (secondary N) is 1. The van der Waals surface area contributed by atoms with E-state index in [-0.39, 0.29) is 29.8 Å². The first kappa shape index (κ1) is 14.8. The topological polar surface area (TPSA) is 95.7 Å². The Morgan fingerprint density at radius 1 is 1.37 bits per heavy atom. The first-order chi connectivity index (χ1) is 8.99. The molecule has 0 saturated carbocycles. The number of nitrogen functional groups attached to an aromatic ring is 1. The van der Waals surface area contributed by atoms with Crippen LogP contribution in [0, 0.1) is 0 Å². The summed E-state index contributed by atoms with van der Waals surface area (Å²) in [5, 5.41) is 12.1. The van der Waals surface area contributed by atoms with Crippen LogP contribution in [0.1, 0.15) is 24.2 Å². The number of rotatable bonds is 5. The van der Waals surface area contributed by atoms with Crippen LogP contribution in [-0.2, 0) is 4.79 Å². The highest BCUT2D eigenvalue weighted by Gasteiger charge is 2.17. The first-order valence-electron chi connectivity index (χ1n) is 6.14. The summed E-state index contributed by atoms with van der Waals surface area (Å²) in [6, 6.07) is 4.29. The minimum atomic E-state index is -0.316. The van der Waals surface area contributed by atoms with Crippen LogP contribution >= 0.6 is 0 Å². The van der Waals surface area contributed by atoms with E-state index in [1.807, 2.05) is 6.92 Å². The zero-order chi connectivity index (χ0) is 14.4. The van der Waals surface area contributed by atoms with E-state index in [4.69, 9.17) is 5.73 Å². The van der Waals surface area contributed by atoms with E-state index >= 15 is 0 Å². The minimum Gasteiger partial charge on any atom is -0.506 e. The van der Waals surface area contributed by atoms with Crippen LogP contribution in [0.3, 0.4) is 0 Å². The fourth-order valence-electron chi connectivity index (χ4n) is 1.61. The van der Waals surface area contributed by atoms with Crippen molar-refractivity contribution in [2.45, 2.75) is 13.8 Å². The van der Waals surface area contributed by atoms with Crippen molar-refractivity contribution in [1.29, 1.82) is 0 Å². The summed E-state index contributed by atoms with van der Waals surface area (Å²) in [5.74, 6) is -0.665. The number of nitrogens with zero attached hydrogens (tertiary/aromatic N) is 1. The van der Waals surface area contributed by atoms with Gasteiger partial charge in [0, 0.05) is 18.7 Å². The summed E-state index contributed by atoms with van der Waals surface area (Å²) in [6.07, 6.45) is 0. The molecular formula is C13H19N3O3. The Balaban J connectivity index is 2.83. The molecule has 2 amide bonds. The summed E-state index contributed by atoms with van der Waals surface area (Å²) in [5.41, 5.74) is 5.99. The Morgan fingerprint density at radius 2 is 2.05 bits per heavy atom. The molecule has 0 aliphatic rings. The van der Waals surface area contributed by atoms with E-state index in [1.165, 1.54) is 23.1 Å². The highest BCUT2D eigenvalue weighted by molar-refractivity contribution is 5.97. The number of phenols is 1. The van der Waals surface area contributed by atoms with Gasteiger partial charge in [-0.25, -0.2) is 0 Å². The number of benzene rings is 1. The molecule has 19 heavy (non-hydrogen) atoms. The van der Waals surface area contributed by atoms with Gasteiger partial charge in [0.05, 0.1) is 12.2 Å². The number of phenolic OH excluding ortho intramolecular Hbond substituents is 1. The van der Waals surface area contributed by atoms with Crippen LogP contribution in [0.15, 0.2) is 18.2 Å². The van der Waals surface area contributed by atoms with Gasteiger partial charge in [-0.05, 0) is 32.0 Å². The fraction of sp³-hybridized carbons (Fsp3) is 0.385. The van der Waals surface area contributed by atoms with Crippen LogP contribution < -0.4 is 11.1 Å². The zero-order valence-electron chi connectivity index (χ0n) is 11.1. The third kappa shape index (κ3) is 3.87. The van der Waals surface area contributed by atoms with Gasteiger partial charge in [0.1, 0.15) is 5.75 Å². The van der Waals surface area contributed by atoms with Crippen LogP contribution in [0.2, 0.25) is 0 Å². The van der Waals surface area contributed by atoms with Crippen molar-refractivity contribution in [3.05, 3.63) is 23.8 Å². The van der Waals surface area contributed by atoms with Crippen molar-refractivity contribution >= 4 is 17.5 Å². The van der Waals surface area contributed by atoms with Gasteiger partial charge in [0.25, 0.3) is 5.91 Å². The Morgan fingerprint density at radius 3 is 2.58 bits per heavy atom. The lowest BCUT2D eigenvalue weighted by molar-refractivity contribution is -0.121. The number of hydrogen-bond donors (Lipinski definition) is 3. The average molecular weight is 265 g/mol. The Hall–Kier alpha value is -2.24. The van der Waals surface area contributed by atoms with Gasteiger partial charge in [-0.15, -0.1) is 0 Å². The number of likely N-dealkylation sites (N-methyl/N-ethyl adjacent to an activating group) is 2. The monoisotopic (exact) mass is 265 g/mol. The number of amides is 2. The first-order valence-corrected chi connectivity index (χ1v) is 6.14. The number of hydrogen-bond acceptors (Lipinski definition) is 4. The van der Waals surface area contributed by atoms with Gasteiger partial charge in [-0.2, -0.15) is 0 Å². The SMILES string of the molecule is CCNC(=O)CN(CC)C(=O)c1ccc(N)c(O)c1. The third-order valence-electron chi connectivity index (χ3n) is 2.65. The van der Waals surface area contributed by atoms with Crippen LogP contribution in [0.5, 0.6) is 5.75 Å². The van der Waals surface area contributed by atoms with Crippen molar-refractivity contribution in [3.63, 3.8) is 0 Å². The summed E-state index contributed by atoms with van der Waals surface area (Å²) < 4.78 is 0. The maximum Gasteiger partial charge on any atom is 0.254 e. The van der Waals surface area contributed by atoms with Crippen LogP contribution in [0.25, 0.3) is 0 Å². The summed E-state index contributed by atoms with van der Waals surface area (Å²) in [7, 11) is 0. The number of carbonyl (C=O) groups is 2. The Labute approximate surface area is 112 Å². The predicted octanol–water partition coefficient (Wildman–Crippen LogP) is 0.573. The van der Waals surface area contributed by atoms with Gasteiger partial charge in [0.15, 0.2) is 0 Å². The van der Waals surface area contributed by atoms with Gasteiger partial charge in [-0.1, -0.05) is 0 Å². The molecule has 0 heterocycles. The van der Waals surface area contributed by atoms with E-state index in [2.05, 4.69) is 5.32 Å². The summed E-state index contributed by atoms with van der Waals surface area (Å²) in [6.45, 7) is 4.52. The maximum absolute atomic E-state index is 12.2. The molecule has 104 valence electrons. The molecular weight excluding hydrogens is 246 g/mol. The van der Waals surface area contributed by atoms with E-state index in [0.717, 1.165) is 0 Å². The number of nitrogens with two attached hydrogens (primary N) is 1. The second-order valence-corrected chi connectivity index (χ2v) is 4.05. The molecule has 0 radical (unpaired) electrons. The molecule has 6 heteroatoms. The number of aromatic hydroxyl groups is 1.